The van der Waals surface area contributed by atoms with E-state index in [2.05, 4.69) is 20.9 Å². The van der Waals surface area contributed by atoms with Gasteiger partial charge in [-0.1, -0.05) is 0 Å². The molecule has 1 rings (SSSR count). The maximum absolute atomic E-state index is 12.4. The highest BCUT2D eigenvalue weighted by Crippen LogP contribution is 2.25. The Kier molecular flexibility index (Phi) is 5.79. The number of pyridine rings is 1. The summed E-state index contributed by atoms with van der Waals surface area (Å²) in [5, 5.41) is 0. The molecule has 0 bridgehead atoms. The van der Waals surface area contributed by atoms with Gasteiger partial charge in [0.05, 0.1) is 17.4 Å². The predicted molar refractivity (Wildman–Crippen MR) is 91.7 cm³/mol. The Hall–Kier alpha value is -1.63. The lowest BCUT2D eigenvalue weighted by molar-refractivity contribution is 0.00702. The summed E-state index contributed by atoms with van der Waals surface area (Å²) in [4.78, 5) is 29.9. The van der Waals surface area contributed by atoms with Gasteiger partial charge in [0.2, 0.25) is 0 Å². The first-order chi connectivity index (χ1) is 10.3. The zero-order chi connectivity index (χ0) is 18.0. The second-order valence-corrected chi connectivity index (χ2v) is 7.88. The molecule has 128 valence electrons. The van der Waals surface area contributed by atoms with Crippen molar-refractivity contribution in [2.24, 2.45) is 0 Å². The Morgan fingerprint density at radius 1 is 1.09 bits per heavy atom. The Labute approximate surface area is 145 Å². The summed E-state index contributed by atoms with van der Waals surface area (Å²) in [6.07, 6.45) is 0.846. The lowest BCUT2D eigenvalue weighted by atomic mass is 10.1. The van der Waals surface area contributed by atoms with E-state index in [1.54, 1.807) is 41.5 Å². The molecule has 0 radical (unpaired) electrons. The largest absolute Gasteiger partial charge is 0.456 e. The predicted octanol–water partition coefficient (Wildman–Crippen LogP) is 4.17. The van der Waals surface area contributed by atoms with E-state index in [0.717, 1.165) is 0 Å². The topological polar surface area (TPSA) is 68.7 Å². The van der Waals surface area contributed by atoms with Crippen LogP contribution in [0.3, 0.4) is 0 Å². The van der Waals surface area contributed by atoms with Crippen molar-refractivity contribution in [2.45, 2.75) is 52.7 Å². The quantitative estimate of drug-likeness (QED) is 0.563. The average molecular weight is 387 g/mol. The van der Waals surface area contributed by atoms with Crippen LogP contribution in [0.5, 0.6) is 0 Å². The van der Waals surface area contributed by atoms with Crippen LogP contribution in [-0.4, -0.2) is 35.3 Å². The summed E-state index contributed by atoms with van der Waals surface area (Å²) in [6.45, 7) is 10.6. The molecule has 0 fully saturated rings. The van der Waals surface area contributed by atoms with Crippen LogP contribution >= 0.6 is 15.9 Å². The van der Waals surface area contributed by atoms with Gasteiger partial charge < -0.3 is 9.47 Å². The molecule has 23 heavy (non-hydrogen) atoms. The van der Waals surface area contributed by atoms with Crippen molar-refractivity contribution in [3.05, 3.63) is 22.4 Å². The van der Waals surface area contributed by atoms with Gasteiger partial charge in [0, 0.05) is 7.05 Å². The molecule has 0 unspecified atom stereocenters. The van der Waals surface area contributed by atoms with E-state index in [0.29, 0.717) is 10.3 Å². The summed E-state index contributed by atoms with van der Waals surface area (Å²) in [7, 11) is 1.52. The SMILES string of the molecule is CN(C(=O)OC(C)(C)C)c1cnc(Br)cc1C(=O)OC(C)(C)C. The minimum absolute atomic E-state index is 0.232. The second kappa shape index (κ2) is 6.86. The molecule has 0 aliphatic rings. The van der Waals surface area contributed by atoms with Crippen LogP contribution < -0.4 is 4.90 Å². The normalized spacial score (nSPS) is 11.8. The van der Waals surface area contributed by atoms with Crippen LogP contribution in [0.25, 0.3) is 0 Å². The first kappa shape index (κ1) is 19.4. The minimum atomic E-state index is -0.644. The number of anilines is 1. The van der Waals surface area contributed by atoms with E-state index in [-0.39, 0.29) is 5.56 Å². The lowest BCUT2D eigenvalue weighted by Gasteiger charge is -2.26. The zero-order valence-corrected chi connectivity index (χ0v) is 16.1. The number of hydrogen-bond donors (Lipinski definition) is 0. The number of nitrogens with zero attached hydrogens (tertiary/aromatic N) is 2. The van der Waals surface area contributed by atoms with E-state index >= 15 is 0 Å². The molecule has 0 N–H and O–H groups in total. The van der Waals surface area contributed by atoms with E-state index < -0.39 is 23.3 Å². The van der Waals surface area contributed by atoms with Crippen molar-refractivity contribution >= 4 is 33.7 Å². The molecular formula is C16H23BrN2O4. The molecule has 1 amide bonds. The molecule has 1 heterocycles. The Morgan fingerprint density at radius 3 is 2.09 bits per heavy atom. The number of carbonyl (C=O) groups is 2. The first-order valence-electron chi connectivity index (χ1n) is 7.16. The molecule has 0 aliphatic heterocycles. The maximum atomic E-state index is 12.4. The minimum Gasteiger partial charge on any atom is -0.456 e. The first-order valence-corrected chi connectivity index (χ1v) is 7.95. The summed E-state index contributed by atoms with van der Waals surface area (Å²) >= 11 is 3.23. The van der Waals surface area contributed by atoms with E-state index in [4.69, 9.17) is 9.47 Å². The molecule has 7 heteroatoms. The second-order valence-electron chi connectivity index (χ2n) is 7.07. The molecule has 1 aromatic rings. The molecule has 0 aromatic carbocycles. The molecule has 0 aliphatic carbocycles. The molecule has 1 aromatic heterocycles. The summed E-state index contributed by atoms with van der Waals surface area (Å²) in [6, 6.07) is 1.52. The number of hydrogen-bond acceptors (Lipinski definition) is 5. The fraction of sp³-hybridized carbons (Fsp3) is 0.562. The van der Waals surface area contributed by atoms with Crippen molar-refractivity contribution < 1.29 is 19.1 Å². The van der Waals surface area contributed by atoms with Crippen LogP contribution in [0.2, 0.25) is 0 Å². The molecule has 0 saturated heterocycles. The summed E-state index contributed by atoms with van der Waals surface area (Å²) in [5.74, 6) is -0.536. The average Bonchev–Trinajstić information content (AvgIpc) is 2.33. The van der Waals surface area contributed by atoms with Crippen molar-refractivity contribution in [1.82, 2.24) is 4.98 Å². The Morgan fingerprint density at radius 2 is 1.61 bits per heavy atom. The maximum Gasteiger partial charge on any atom is 0.414 e. The number of aromatic nitrogens is 1. The third kappa shape index (κ3) is 6.17. The van der Waals surface area contributed by atoms with Crippen molar-refractivity contribution in [2.75, 3.05) is 11.9 Å². The van der Waals surface area contributed by atoms with Gasteiger partial charge in [-0.05, 0) is 63.5 Å². The fourth-order valence-electron chi connectivity index (χ4n) is 1.62. The van der Waals surface area contributed by atoms with Crippen LogP contribution in [0.4, 0.5) is 10.5 Å². The third-order valence-corrected chi connectivity index (χ3v) is 2.93. The summed E-state index contributed by atoms with van der Waals surface area (Å²) < 4.78 is 11.2. The number of rotatable bonds is 2. The van der Waals surface area contributed by atoms with Crippen LogP contribution in [-0.2, 0) is 9.47 Å². The van der Waals surface area contributed by atoms with Crippen LogP contribution in [0.1, 0.15) is 51.9 Å². The molecular weight excluding hydrogens is 364 g/mol. The summed E-state index contributed by atoms with van der Waals surface area (Å²) in [5.41, 5.74) is -0.735. The number of esters is 1. The van der Waals surface area contributed by atoms with Crippen molar-refractivity contribution in [3.8, 4) is 0 Å². The van der Waals surface area contributed by atoms with Crippen molar-refractivity contribution in [3.63, 3.8) is 0 Å². The van der Waals surface area contributed by atoms with Crippen LogP contribution in [0.15, 0.2) is 16.9 Å². The van der Waals surface area contributed by atoms with Gasteiger partial charge in [-0.2, -0.15) is 0 Å². The Bertz CT molecular complexity index is 603. The molecule has 0 saturated carbocycles. The van der Waals surface area contributed by atoms with Gasteiger partial charge in [-0.15, -0.1) is 0 Å². The Balaban J connectivity index is 3.16. The number of halogens is 1. The third-order valence-electron chi connectivity index (χ3n) is 2.50. The van der Waals surface area contributed by atoms with Gasteiger partial charge >= 0.3 is 12.1 Å². The van der Waals surface area contributed by atoms with E-state index in [1.807, 2.05) is 0 Å². The van der Waals surface area contributed by atoms with Crippen LogP contribution in [0, 0.1) is 0 Å². The highest BCUT2D eigenvalue weighted by atomic mass is 79.9. The zero-order valence-electron chi connectivity index (χ0n) is 14.6. The van der Waals surface area contributed by atoms with Gasteiger partial charge in [-0.25, -0.2) is 14.6 Å². The van der Waals surface area contributed by atoms with Gasteiger partial charge in [0.25, 0.3) is 0 Å². The van der Waals surface area contributed by atoms with Gasteiger partial charge in [-0.3, -0.25) is 4.90 Å². The van der Waals surface area contributed by atoms with Crippen molar-refractivity contribution in [1.29, 1.82) is 0 Å². The molecule has 6 nitrogen and oxygen atoms in total. The van der Waals surface area contributed by atoms with E-state index in [9.17, 15) is 9.59 Å². The monoisotopic (exact) mass is 386 g/mol. The van der Waals surface area contributed by atoms with Gasteiger partial charge in [0.1, 0.15) is 15.8 Å². The number of carbonyl (C=O) groups excluding carboxylic acids is 2. The molecule has 0 spiro atoms. The smallest absolute Gasteiger partial charge is 0.414 e. The van der Waals surface area contributed by atoms with Gasteiger partial charge in [0.15, 0.2) is 0 Å². The molecule has 0 atom stereocenters. The number of ether oxygens (including phenoxy) is 2. The lowest BCUT2D eigenvalue weighted by Crippen LogP contribution is -2.35. The number of amides is 1. The highest BCUT2D eigenvalue weighted by molar-refractivity contribution is 9.10. The highest BCUT2D eigenvalue weighted by Gasteiger charge is 2.27. The standard InChI is InChI=1S/C16H23BrN2O4/c1-15(2,3)22-13(20)10-8-12(17)18-9-11(10)19(7)14(21)23-16(4,5)6/h8-9H,1-7H3. The fourth-order valence-corrected chi connectivity index (χ4v) is 1.95. The van der Waals surface area contributed by atoms with E-state index in [1.165, 1.54) is 24.2 Å².